The van der Waals surface area contributed by atoms with Crippen LogP contribution in [0.2, 0.25) is 0 Å². The van der Waals surface area contributed by atoms with Crippen molar-refractivity contribution >= 4 is 11.8 Å². The van der Waals surface area contributed by atoms with Crippen molar-refractivity contribution in [3.05, 3.63) is 30.1 Å². The van der Waals surface area contributed by atoms with Crippen LogP contribution < -0.4 is 10.1 Å². The number of piperazine rings is 1. The lowest BCUT2D eigenvalue weighted by atomic mass is 9.53. The van der Waals surface area contributed by atoms with Gasteiger partial charge in [-0.25, -0.2) is 4.39 Å². The van der Waals surface area contributed by atoms with Gasteiger partial charge in [-0.2, -0.15) is 0 Å². The number of hydrogen-bond acceptors (Lipinski definition) is 4. The molecule has 174 valence electrons. The van der Waals surface area contributed by atoms with Crippen LogP contribution in [0.15, 0.2) is 24.3 Å². The Balaban J connectivity index is 1.09. The number of hydrogen-bond donors (Lipinski definition) is 1. The van der Waals surface area contributed by atoms with Gasteiger partial charge in [-0.15, -0.1) is 0 Å². The van der Waals surface area contributed by atoms with Crippen LogP contribution in [0.5, 0.6) is 5.75 Å². The molecular formula is C25H34FN3O3. The summed E-state index contributed by atoms with van der Waals surface area (Å²) in [6, 6.07) is 5.48. The summed E-state index contributed by atoms with van der Waals surface area (Å²) >= 11 is 0. The van der Waals surface area contributed by atoms with E-state index in [1.165, 1.54) is 43.5 Å². The van der Waals surface area contributed by atoms with Gasteiger partial charge in [0.2, 0.25) is 5.91 Å². The van der Waals surface area contributed by atoms with Gasteiger partial charge in [0.1, 0.15) is 11.6 Å². The molecule has 1 aromatic carbocycles. The van der Waals surface area contributed by atoms with Gasteiger partial charge in [-0.05, 0) is 87.5 Å². The first kappa shape index (κ1) is 21.7. The Labute approximate surface area is 189 Å². The number of benzene rings is 1. The summed E-state index contributed by atoms with van der Waals surface area (Å²) in [7, 11) is 0. The predicted molar refractivity (Wildman–Crippen MR) is 119 cm³/mol. The third-order valence-corrected chi connectivity index (χ3v) is 8.20. The van der Waals surface area contributed by atoms with E-state index >= 15 is 0 Å². The molecule has 5 aliphatic rings. The smallest absolute Gasteiger partial charge is 0.260 e. The van der Waals surface area contributed by atoms with Gasteiger partial charge in [0.05, 0.1) is 6.04 Å². The number of nitrogens with zero attached hydrogens (tertiary/aromatic N) is 2. The number of nitrogens with one attached hydrogen (secondary N) is 1. The van der Waals surface area contributed by atoms with Crippen LogP contribution in [0.4, 0.5) is 4.39 Å². The van der Waals surface area contributed by atoms with E-state index in [1.54, 1.807) is 4.90 Å². The third-order valence-electron chi connectivity index (χ3n) is 8.20. The molecule has 5 fully saturated rings. The SMILES string of the molecule is CC(C(=O)NC12CC3CC(CC(C3)C1)C2)N1CCN(C(=O)COc2ccc(F)cc2)CC1. The van der Waals surface area contributed by atoms with Crippen molar-refractivity contribution in [2.45, 2.75) is 57.0 Å². The molecule has 0 aromatic heterocycles. The molecule has 6 nitrogen and oxygen atoms in total. The molecule has 1 N–H and O–H groups in total. The second-order valence-corrected chi connectivity index (χ2v) is 10.5. The molecular weight excluding hydrogens is 409 g/mol. The molecule has 4 aliphatic carbocycles. The first-order chi connectivity index (χ1) is 15.4. The van der Waals surface area contributed by atoms with E-state index < -0.39 is 0 Å². The molecule has 2 amide bonds. The molecule has 0 radical (unpaired) electrons. The second-order valence-electron chi connectivity index (χ2n) is 10.5. The normalized spacial score (nSPS) is 32.6. The van der Waals surface area contributed by atoms with Crippen LogP contribution in [-0.2, 0) is 9.59 Å². The van der Waals surface area contributed by atoms with Crippen LogP contribution in [0.3, 0.4) is 0 Å². The zero-order valence-corrected chi connectivity index (χ0v) is 18.9. The van der Waals surface area contributed by atoms with Gasteiger partial charge in [0, 0.05) is 31.7 Å². The van der Waals surface area contributed by atoms with Gasteiger partial charge in [0.15, 0.2) is 6.61 Å². The number of carbonyl (C=O) groups excluding carboxylic acids is 2. The highest BCUT2D eigenvalue weighted by Crippen LogP contribution is 2.55. The standard InChI is InChI=1S/C25H34FN3O3/c1-17(24(31)27-25-13-18-10-19(14-25)12-20(11-18)15-25)28-6-8-29(9-7-28)23(30)16-32-22-4-2-21(26)3-5-22/h2-5,17-20H,6-16H2,1H3,(H,27,31). The van der Waals surface area contributed by atoms with E-state index in [0.717, 1.165) is 37.0 Å². The molecule has 7 heteroatoms. The van der Waals surface area contributed by atoms with E-state index in [0.29, 0.717) is 31.9 Å². The first-order valence-electron chi connectivity index (χ1n) is 12.1. The van der Waals surface area contributed by atoms with Gasteiger partial charge < -0.3 is 15.0 Å². The summed E-state index contributed by atoms with van der Waals surface area (Å²) in [6.45, 7) is 4.45. The molecule has 1 aliphatic heterocycles. The molecule has 32 heavy (non-hydrogen) atoms. The van der Waals surface area contributed by atoms with Gasteiger partial charge in [-0.3, -0.25) is 14.5 Å². The van der Waals surface area contributed by atoms with Crippen molar-refractivity contribution in [2.24, 2.45) is 17.8 Å². The fourth-order valence-electron chi connectivity index (χ4n) is 6.92. The fraction of sp³-hybridized carbons (Fsp3) is 0.680. The molecule has 1 saturated heterocycles. The van der Waals surface area contributed by atoms with Crippen molar-refractivity contribution < 1.29 is 18.7 Å². The van der Waals surface area contributed by atoms with E-state index in [9.17, 15) is 14.0 Å². The summed E-state index contributed by atoms with van der Waals surface area (Å²) in [5.41, 5.74) is 0.0373. The second kappa shape index (κ2) is 8.65. The Bertz CT molecular complexity index is 815. The van der Waals surface area contributed by atoms with Crippen LogP contribution in [0, 0.1) is 23.6 Å². The summed E-state index contributed by atoms with van der Waals surface area (Å²) in [5.74, 6) is 2.64. The summed E-state index contributed by atoms with van der Waals surface area (Å²) < 4.78 is 18.5. The topological polar surface area (TPSA) is 61.9 Å². The molecule has 1 atom stereocenters. The fourth-order valence-corrected chi connectivity index (χ4v) is 6.92. The maximum Gasteiger partial charge on any atom is 0.260 e. The molecule has 0 spiro atoms. The van der Waals surface area contributed by atoms with Gasteiger partial charge in [0.25, 0.3) is 5.91 Å². The maximum absolute atomic E-state index is 13.1. The minimum absolute atomic E-state index is 0.0373. The Morgan fingerprint density at radius 2 is 1.59 bits per heavy atom. The number of rotatable bonds is 6. The predicted octanol–water partition coefficient (Wildman–Crippen LogP) is 2.82. The van der Waals surface area contributed by atoms with Crippen LogP contribution in [0.1, 0.15) is 45.4 Å². The lowest BCUT2D eigenvalue weighted by Gasteiger charge is -2.57. The number of ether oxygens (including phenoxy) is 1. The van der Waals surface area contributed by atoms with Crippen LogP contribution >= 0.6 is 0 Å². The van der Waals surface area contributed by atoms with Crippen LogP contribution in [0.25, 0.3) is 0 Å². The lowest BCUT2D eigenvalue weighted by molar-refractivity contribution is -0.137. The first-order valence-corrected chi connectivity index (χ1v) is 12.1. The maximum atomic E-state index is 13.1. The molecule has 1 unspecified atom stereocenters. The lowest BCUT2D eigenvalue weighted by Crippen LogP contribution is -2.63. The number of halogens is 1. The average molecular weight is 444 g/mol. The Morgan fingerprint density at radius 1 is 1.03 bits per heavy atom. The quantitative estimate of drug-likeness (QED) is 0.735. The minimum atomic E-state index is -0.332. The largest absolute Gasteiger partial charge is 0.484 e. The minimum Gasteiger partial charge on any atom is -0.484 e. The Kier molecular flexibility index (Phi) is 5.86. The molecule has 6 rings (SSSR count). The van der Waals surface area contributed by atoms with E-state index in [-0.39, 0.29) is 35.8 Å². The highest BCUT2D eigenvalue weighted by atomic mass is 19.1. The molecule has 4 bridgehead atoms. The Morgan fingerprint density at radius 3 is 2.16 bits per heavy atom. The van der Waals surface area contributed by atoms with Crippen molar-refractivity contribution in [1.29, 1.82) is 0 Å². The van der Waals surface area contributed by atoms with E-state index in [1.807, 2.05) is 6.92 Å². The summed E-state index contributed by atoms with van der Waals surface area (Å²) in [4.78, 5) is 29.6. The average Bonchev–Trinajstić information content (AvgIpc) is 2.77. The third kappa shape index (κ3) is 4.49. The summed E-state index contributed by atoms with van der Waals surface area (Å²) in [6.07, 6.45) is 7.58. The highest BCUT2D eigenvalue weighted by Gasteiger charge is 2.51. The van der Waals surface area contributed by atoms with Crippen LogP contribution in [-0.4, -0.2) is 66.0 Å². The molecule has 1 heterocycles. The monoisotopic (exact) mass is 443 g/mol. The zero-order valence-electron chi connectivity index (χ0n) is 18.9. The molecule has 4 saturated carbocycles. The molecule has 1 aromatic rings. The highest BCUT2D eigenvalue weighted by molar-refractivity contribution is 5.82. The van der Waals surface area contributed by atoms with Crippen molar-refractivity contribution in [3.63, 3.8) is 0 Å². The Hall–Kier alpha value is -2.15. The number of carbonyl (C=O) groups is 2. The number of amides is 2. The van der Waals surface area contributed by atoms with Crippen molar-refractivity contribution in [1.82, 2.24) is 15.1 Å². The van der Waals surface area contributed by atoms with E-state index in [2.05, 4.69) is 10.2 Å². The van der Waals surface area contributed by atoms with E-state index in [4.69, 9.17) is 4.74 Å². The van der Waals surface area contributed by atoms with Gasteiger partial charge in [-0.1, -0.05) is 0 Å². The van der Waals surface area contributed by atoms with Crippen molar-refractivity contribution in [3.8, 4) is 5.75 Å². The van der Waals surface area contributed by atoms with Gasteiger partial charge >= 0.3 is 0 Å². The summed E-state index contributed by atoms with van der Waals surface area (Å²) in [5, 5.41) is 3.49. The zero-order chi connectivity index (χ0) is 22.3. The van der Waals surface area contributed by atoms with Crippen molar-refractivity contribution in [2.75, 3.05) is 32.8 Å².